The number of carbonyl (C=O) groups is 1. The number of carbonyl (C=O) groups excluding carboxylic acids is 1. The quantitative estimate of drug-likeness (QED) is 0.919. The second kappa shape index (κ2) is 6.91. The summed E-state index contributed by atoms with van der Waals surface area (Å²) in [6.07, 6.45) is 16.6. The van der Waals surface area contributed by atoms with Gasteiger partial charge in [-0.3, -0.25) is 4.79 Å². The Morgan fingerprint density at radius 1 is 1.00 bits per heavy atom. The lowest BCUT2D eigenvalue weighted by Gasteiger charge is -2.22. The Labute approximate surface area is 142 Å². The summed E-state index contributed by atoms with van der Waals surface area (Å²) in [4.78, 5) is 17.3. The standard InChI is InChI=1S/C19H26N4O/c24-19(22-15-9-5-3-6-10-15)16-13-21-23-17-11-7-2-1-4-8-14(17)12-20-18(16)23/h12-13,15H,1-11H2,(H,22,24). The maximum atomic E-state index is 12.7. The SMILES string of the molecule is O=C(NC1CCCCC1)c1cnn2c3c(cnc12)CCCCCC3. The molecule has 2 aromatic rings. The molecule has 128 valence electrons. The minimum absolute atomic E-state index is 0.0183. The van der Waals surface area contributed by atoms with Crippen LogP contribution in [0.2, 0.25) is 0 Å². The van der Waals surface area contributed by atoms with Gasteiger partial charge in [0, 0.05) is 17.9 Å². The van der Waals surface area contributed by atoms with Crippen LogP contribution in [0, 0.1) is 0 Å². The Hall–Kier alpha value is -1.91. The summed E-state index contributed by atoms with van der Waals surface area (Å²) in [6.45, 7) is 0. The first kappa shape index (κ1) is 15.6. The van der Waals surface area contributed by atoms with E-state index in [0.29, 0.717) is 17.3 Å². The summed E-state index contributed by atoms with van der Waals surface area (Å²) in [5, 5.41) is 7.70. The third-order valence-corrected chi connectivity index (χ3v) is 5.51. The minimum atomic E-state index is -0.0183. The van der Waals surface area contributed by atoms with E-state index in [0.717, 1.165) is 25.7 Å². The zero-order valence-corrected chi connectivity index (χ0v) is 14.3. The highest BCUT2D eigenvalue weighted by molar-refractivity contribution is 5.99. The van der Waals surface area contributed by atoms with Crippen LogP contribution in [0.4, 0.5) is 0 Å². The van der Waals surface area contributed by atoms with Crippen molar-refractivity contribution >= 4 is 11.6 Å². The van der Waals surface area contributed by atoms with E-state index in [1.165, 1.54) is 56.2 Å². The molecule has 0 bridgehead atoms. The maximum Gasteiger partial charge on any atom is 0.256 e. The van der Waals surface area contributed by atoms with Crippen LogP contribution in [0.15, 0.2) is 12.4 Å². The average molecular weight is 326 g/mol. The molecule has 4 rings (SSSR count). The van der Waals surface area contributed by atoms with Gasteiger partial charge in [0.1, 0.15) is 5.56 Å². The lowest BCUT2D eigenvalue weighted by Crippen LogP contribution is -2.36. The molecule has 2 aliphatic carbocycles. The third-order valence-electron chi connectivity index (χ3n) is 5.51. The van der Waals surface area contributed by atoms with Gasteiger partial charge in [-0.05, 0) is 44.1 Å². The number of fused-ring (bicyclic) bond motifs is 3. The molecule has 0 saturated heterocycles. The molecule has 0 atom stereocenters. The van der Waals surface area contributed by atoms with E-state index in [-0.39, 0.29) is 5.91 Å². The second-order valence-corrected chi connectivity index (χ2v) is 7.25. The number of hydrogen-bond donors (Lipinski definition) is 1. The van der Waals surface area contributed by atoms with Crippen LogP contribution in [0.25, 0.3) is 5.65 Å². The molecule has 0 unspecified atom stereocenters. The Bertz CT molecular complexity index is 730. The monoisotopic (exact) mass is 326 g/mol. The van der Waals surface area contributed by atoms with E-state index in [1.807, 2.05) is 10.7 Å². The van der Waals surface area contributed by atoms with Crippen LogP contribution < -0.4 is 5.32 Å². The predicted octanol–water partition coefficient (Wildman–Crippen LogP) is 3.45. The van der Waals surface area contributed by atoms with Crippen molar-refractivity contribution in [3.63, 3.8) is 0 Å². The van der Waals surface area contributed by atoms with Gasteiger partial charge in [0.15, 0.2) is 5.65 Å². The maximum absolute atomic E-state index is 12.7. The molecule has 2 aromatic heterocycles. The van der Waals surface area contributed by atoms with Crippen molar-refractivity contribution in [3.8, 4) is 0 Å². The molecule has 2 aliphatic rings. The molecule has 2 heterocycles. The fourth-order valence-corrected chi connectivity index (χ4v) is 4.12. The minimum Gasteiger partial charge on any atom is -0.349 e. The van der Waals surface area contributed by atoms with E-state index in [1.54, 1.807) is 6.20 Å². The molecule has 0 radical (unpaired) electrons. The van der Waals surface area contributed by atoms with Crippen molar-refractivity contribution in [2.45, 2.75) is 76.7 Å². The first-order chi connectivity index (χ1) is 11.8. The van der Waals surface area contributed by atoms with Gasteiger partial charge in [-0.2, -0.15) is 5.10 Å². The van der Waals surface area contributed by atoms with Crippen molar-refractivity contribution in [2.24, 2.45) is 0 Å². The highest BCUT2D eigenvalue weighted by Crippen LogP contribution is 2.22. The normalized spacial score (nSPS) is 19.5. The Balaban J connectivity index is 1.62. The van der Waals surface area contributed by atoms with Gasteiger partial charge in [-0.25, -0.2) is 9.50 Å². The number of hydrogen-bond acceptors (Lipinski definition) is 3. The largest absolute Gasteiger partial charge is 0.349 e. The van der Waals surface area contributed by atoms with Crippen LogP contribution in [0.1, 0.15) is 79.4 Å². The van der Waals surface area contributed by atoms with Crippen LogP contribution >= 0.6 is 0 Å². The van der Waals surface area contributed by atoms with Crippen LogP contribution in [0.5, 0.6) is 0 Å². The second-order valence-electron chi connectivity index (χ2n) is 7.25. The van der Waals surface area contributed by atoms with Gasteiger partial charge >= 0.3 is 0 Å². The molecule has 0 spiro atoms. The molecule has 5 nitrogen and oxygen atoms in total. The lowest BCUT2D eigenvalue weighted by molar-refractivity contribution is 0.0929. The van der Waals surface area contributed by atoms with Crippen molar-refractivity contribution in [2.75, 3.05) is 0 Å². The fourth-order valence-electron chi connectivity index (χ4n) is 4.12. The zero-order valence-electron chi connectivity index (χ0n) is 14.3. The van der Waals surface area contributed by atoms with Crippen LogP contribution in [0.3, 0.4) is 0 Å². The zero-order chi connectivity index (χ0) is 16.4. The van der Waals surface area contributed by atoms with E-state index >= 15 is 0 Å². The average Bonchev–Trinajstić information content (AvgIpc) is 3.00. The summed E-state index contributed by atoms with van der Waals surface area (Å²) in [5.41, 5.74) is 3.87. The van der Waals surface area contributed by atoms with E-state index in [4.69, 9.17) is 0 Å². The Morgan fingerprint density at radius 3 is 2.58 bits per heavy atom. The van der Waals surface area contributed by atoms with Gasteiger partial charge in [0.2, 0.25) is 0 Å². The highest BCUT2D eigenvalue weighted by Gasteiger charge is 2.21. The lowest BCUT2D eigenvalue weighted by atomic mass is 9.95. The molecule has 24 heavy (non-hydrogen) atoms. The van der Waals surface area contributed by atoms with Crippen molar-refractivity contribution in [1.29, 1.82) is 0 Å². The number of nitrogens with zero attached hydrogens (tertiary/aromatic N) is 3. The number of rotatable bonds is 2. The Morgan fingerprint density at radius 2 is 1.75 bits per heavy atom. The van der Waals surface area contributed by atoms with Crippen molar-refractivity contribution in [3.05, 3.63) is 29.2 Å². The summed E-state index contributed by atoms with van der Waals surface area (Å²) >= 11 is 0. The number of aromatic nitrogens is 3. The number of nitrogens with one attached hydrogen (secondary N) is 1. The van der Waals surface area contributed by atoms with Gasteiger partial charge in [0.05, 0.1) is 6.20 Å². The molecule has 1 amide bonds. The molecule has 1 fully saturated rings. The fraction of sp³-hybridized carbons (Fsp3) is 0.632. The predicted molar refractivity (Wildman–Crippen MR) is 93.2 cm³/mol. The van der Waals surface area contributed by atoms with Crippen molar-refractivity contribution in [1.82, 2.24) is 19.9 Å². The first-order valence-electron chi connectivity index (χ1n) is 9.48. The molecule has 0 aromatic carbocycles. The molecule has 1 N–H and O–H groups in total. The van der Waals surface area contributed by atoms with E-state index < -0.39 is 0 Å². The molecule has 1 saturated carbocycles. The molecular formula is C19H26N4O. The van der Waals surface area contributed by atoms with Crippen LogP contribution in [-0.4, -0.2) is 26.5 Å². The van der Waals surface area contributed by atoms with Gasteiger partial charge in [0.25, 0.3) is 5.91 Å². The van der Waals surface area contributed by atoms with Gasteiger partial charge < -0.3 is 5.32 Å². The van der Waals surface area contributed by atoms with Crippen LogP contribution in [-0.2, 0) is 12.8 Å². The third kappa shape index (κ3) is 3.04. The highest BCUT2D eigenvalue weighted by atomic mass is 16.1. The summed E-state index contributed by atoms with van der Waals surface area (Å²) < 4.78 is 1.91. The molecular weight excluding hydrogens is 300 g/mol. The van der Waals surface area contributed by atoms with Gasteiger partial charge in [-0.15, -0.1) is 0 Å². The number of amides is 1. The van der Waals surface area contributed by atoms with Crippen molar-refractivity contribution < 1.29 is 4.79 Å². The first-order valence-corrected chi connectivity index (χ1v) is 9.48. The summed E-state index contributed by atoms with van der Waals surface area (Å²) in [5.74, 6) is -0.0183. The van der Waals surface area contributed by atoms with Gasteiger partial charge in [-0.1, -0.05) is 32.1 Å². The summed E-state index contributed by atoms with van der Waals surface area (Å²) in [6, 6.07) is 0.311. The molecule has 5 heteroatoms. The topological polar surface area (TPSA) is 59.3 Å². The smallest absolute Gasteiger partial charge is 0.256 e. The van der Waals surface area contributed by atoms with E-state index in [2.05, 4.69) is 15.4 Å². The summed E-state index contributed by atoms with van der Waals surface area (Å²) in [7, 11) is 0. The molecule has 0 aliphatic heterocycles. The van der Waals surface area contributed by atoms with E-state index in [9.17, 15) is 4.79 Å². The number of aryl methyl sites for hydroxylation is 2. The Kier molecular flexibility index (Phi) is 4.50.